The van der Waals surface area contributed by atoms with Gasteiger partial charge in [0.1, 0.15) is 5.03 Å². The standard InChI is InChI=1S/C24H25N3OS2/c28-24(20-6-10-22(11-7-20)30-23-3-1-2-13-25-23)26-21-8-4-19(5-9-21)12-14-27-15-17-29-18-16-27/h1-11,13H,12,14-18H2,(H,26,28). The van der Waals surface area contributed by atoms with Gasteiger partial charge in [0, 0.05) is 53.5 Å². The van der Waals surface area contributed by atoms with Crippen molar-refractivity contribution in [2.45, 2.75) is 16.3 Å². The second-order valence-corrected chi connectivity index (χ2v) is 9.47. The van der Waals surface area contributed by atoms with Crippen LogP contribution in [-0.2, 0) is 6.42 Å². The topological polar surface area (TPSA) is 45.2 Å². The Bertz CT molecular complexity index is 940. The smallest absolute Gasteiger partial charge is 0.255 e. The van der Waals surface area contributed by atoms with E-state index in [-0.39, 0.29) is 5.91 Å². The van der Waals surface area contributed by atoms with E-state index in [1.54, 1.807) is 18.0 Å². The number of benzene rings is 2. The number of thioether (sulfide) groups is 1. The summed E-state index contributed by atoms with van der Waals surface area (Å²) in [5.41, 5.74) is 2.78. The van der Waals surface area contributed by atoms with Gasteiger partial charge in [0.15, 0.2) is 0 Å². The molecule has 4 nitrogen and oxygen atoms in total. The summed E-state index contributed by atoms with van der Waals surface area (Å²) in [5, 5.41) is 3.93. The van der Waals surface area contributed by atoms with Gasteiger partial charge >= 0.3 is 0 Å². The number of anilines is 1. The first-order valence-corrected chi connectivity index (χ1v) is 12.1. The van der Waals surface area contributed by atoms with Gasteiger partial charge in [-0.2, -0.15) is 11.8 Å². The lowest BCUT2D eigenvalue weighted by atomic mass is 10.1. The Balaban J connectivity index is 1.28. The van der Waals surface area contributed by atoms with E-state index in [1.807, 2.05) is 66.4 Å². The van der Waals surface area contributed by atoms with Crippen LogP contribution in [-0.4, -0.2) is 46.9 Å². The molecule has 1 N–H and O–H groups in total. The van der Waals surface area contributed by atoms with E-state index in [2.05, 4.69) is 27.3 Å². The predicted molar refractivity (Wildman–Crippen MR) is 127 cm³/mol. The summed E-state index contributed by atoms with van der Waals surface area (Å²) in [7, 11) is 0. The fourth-order valence-corrected chi connectivity index (χ4v) is 5.03. The van der Waals surface area contributed by atoms with Crippen molar-refractivity contribution < 1.29 is 4.79 Å². The van der Waals surface area contributed by atoms with Gasteiger partial charge in [0.2, 0.25) is 0 Å². The van der Waals surface area contributed by atoms with Crippen LogP contribution in [0.2, 0.25) is 0 Å². The number of nitrogens with zero attached hydrogens (tertiary/aromatic N) is 2. The van der Waals surface area contributed by atoms with Crippen molar-refractivity contribution >= 4 is 35.1 Å². The van der Waals surface area contributed by atoms with Crippen LogP contribution in [0.3, 0.4) is 0 Å². The summed E-state index contributed by atoms with van der Waals surface area (Å²) in [4.78, 5) is 20.5. The minimum Gasteiger partial charge on any atom is -0.322 e. The van der Waals surface area contributed by atoms with Crippen LogP contribution >= 0.6 is 23.5 Å². The van der Waals surface area contributed by atoms with Gasteiger partial charge < -0.3 is 10.2 Å². The van der Waals surface area contributed by atoms with Gasteiger partial charge in [0.05, 0.1) is 0 Å². The molecule has 0 saturated carbocycles. The highest BCUT2D eigenvalue weighted by molar-refractivity contribution is 7.99. The average molecular weight is 436 g/mol. The highest BCUT2D eigenvalue weighted by Gasteiger charge is 2.10. The third kappa shape index (κ3) is 6.11. The quantitative estimate of drug-likeness (QED) is 0.561. The fraction of sp³-hybridized carbons (Fsp3) is 0.250. The monoisotopic (exact) mass is 435 g/mol. The van der Waals surface area contributed by atoms with Gasteiger partial charge in [-0.25, -0.2) is 4.98 Å². The highest BCUT2D eigenvalue weighted by atomic mass is 32.2. The number of carbonyl (C=O) groups excluding carboxylic acids is 1. The third-order valence-electron chi connectivity index (χ3n) is 5.01. The summed E-state index contributed by atoms with van der Waals surface area (Å²) in [6.45, 7) is 3.49. The van der Waals surface area contributed by atoms with Gasteiger partial charge in [-0.3, -0.25) is 4.79 Å². The number of rotatable bonds is 7. The SMILES string of the molecule is O=C(Nc1ccc(CCN2CCSCC2)cc1)c1ccc(Sc2ccccn2)cc1. The first kappa shape index (κ1) is 21.0. The maximum Gasteiger partial charge on any atom is 0.255 e. The van der Waals surface area contributed by atoms with E-state index in [1.165, 1.54) is 30.2 Å². The lowest BCUT2D eigenvalue weighted by Crippen LogP contribution is -2.34. The Morgan fingerprint density at radius 3 is 2.47 bits per heavy atom. The van der Waals surface area contributed by atoms with Crippen molar-refractivity contribution in [3.05, 3.63) is 84.1 Å². The molecule has 1 fully saturated rings. The zero-order chi connectivity index (χ0) is 20.6. The lowest BCUT2D eigenvalue weighted by Gasteiger charge is -2.26. The van der Waals surface area contributed by atoms with E-state index in [0.29, 0.717) is 5.56 Å². The van der Waals surface area contributed by atoms with E-state index in [0.717, 1.165) is 28.6 Å². The van der Waals surface area contributed by atoms with Gasteiger partial charge in [-0.05, 0) is 60.5 Å². The molecule has 0 unspecified atom stereocenters. The van der Waals surface area contributed by atoms with Crippen LogP contribution in [0.4, 0.5) is 5.69 Å². The Kier molecular flexibility index (Phi) is 7.45. The normalized spacial score (nSPS) is 14.4. The molecule has 154 valence electrons. The zero-order valence-corrected chi connectivity index (χ0v) is 18.4. The molecule has 0 radical (unpaired) electrons. The second-order valence-electron chi connectivity index (χ2n) is 7.15. The first-order chi connectivity index (χ1) is 14.8. The molecule has 30 heavy (non-hydrogen) atoms. The lowest BCUT2D eigenvalue weighted by molar-refractivity contribution is 0.102. The van der Waals surface area contributed by atoms with Crippen molar-refractivity contribution in [1.29, 1.82) is 0 Å². The van der Waals surface area contributed by atoms with Gasteiger partial charge in [-0.1, -0.05) is 30.0 Å². The molecule has 4 rings (SSSR count). The van der Waals surface area contributed by atoms with Crippen molar-refractivity contribution in [1.82, 2.24) is 9.88 Å². The Morgan fingerprint density at radius 2 is 1.77 bits per heavy atom. The zero-order valence-electron chi connectivity index (χ0n) is 16.8. The van der Waals surface area contributed by atoms with Crippen molar-refractivity contribution in [3.8, 4) is 0 Å². The summed E-state index contributed by atoms with van der Waals surface area (Å²) in [5.74, 6) is 2.39. The first-order valence-electron chi connectivity index (χ1n) is 10.2. The van der Waals surface area contributed by atoms with E-state index < -0.39 is 0 Å². The number of hydrogen-bond acceptors (Lipinski definition) is 5. The Morgan fingerprint density at radius 1 is 1.00 bits per heavy atom. The maximum absolute atomic E-state index is 12.6. The summed E-state index contributed by atoms with van der Waals surface area (Å²) in [6, 6.07) is 21.7. The summed E-state index contributed by atoms with van der Waals surface area (Å²) < 4.78 is 0. The summed E-state index contributed by atoms with van der Waals surface area (Å²) in [6.07, 6.45) is 2.83. The molecule has 2 aromatic carbocycles. The molecule has 2 heterocycles. The van der Waals surface area contributed by atoms with E-state index >= 15 is 0 Å². The largest absolute Gasteiger partial charge is 0.322 e. The van der Waals surface area contributed by atoms with Crippen molar-refractivity contribution in [2.75, 3.05) is 36.5 Å². The summed E-state index contributed by atoms with van der Waals surface area (Å²) >= 11 is 3.62. The highest BCUT2D eigenvalue weighted by Crippen LogP contribution is 2.25. The molecule has 0 aliphatic carbocycles. The molecule has 1 aliphatic heterocycles. The number of aromatic nitrogens is 1. The number of amides is 1. The minimum atomic E-state index is -0.0945. The molecule has 6 heteroatoms. The van der Waals surface area contributed by atoms with Crippen LogP contribution in [0, 0.1) is 0 Å². The minimum absolute atomic E-state index is 0.0945. The fourth-order valence-electron chi connectivity index (χ4n) is 3.27. The molecular formula is C24H25N3OS2. The number of nitrogens with one attached hydrogen (secondary N) is 1. The predicted octanol–water partition coefficient (Wildman–Crippen LogP) is 5.08. The Hall–Kier alpha value is -2.28. The second kappa shape index (κ2) is 10.7. The van der Waals surface area contributed by atoms with Crippen LogP contribution < -0.4 is 5.32 Å². The van der Waals surface area contributed by atoms with Crippen molar-refractivity contribution in [3.63, 3.8) is 0 Å². The van der Waals surface area contributed by atoms with Gasteiger partial charge in [-0.15, -0.1) is 0 Å². The maximum atomic E-state index is 12.6. The molecule has 1 saturated heterocycles. The molecule has 3 aromatic rings. The number of pyridine rings is 1. The number of hydrogen-bond donors (Lipinski definition) is 1. The van der Waals surface area contributed by atoms with E-state index in [4.69, 9.17) is 0 Å². The van der Waals surface area contributed by atoms with Crippen LogP contribution in [0.5, 0.6) is 0 Å². The Labute approximate surface area is 186 Å². The van der Waals surface area contributed by atoms with E-state index in [9.17, 15) is 4.79 Å². The molecule has 1 amide bonds. The third-order valence-corrected chi connectivity index (χ3v) is 6.91. The molecule has 0 bridgehead atoms. The van der Waals surface area contributed by atoms with Gasteiger partial charge in [0.25, 0.3) is 5.91 Å². The molecule has 0 spiro atoms. The molecular weight excluding hydrogens is 410 g/mol. The van der Waals surface area contributed by atoms with Crippen LogP contribution in [0.25, 0.3) is 0 Å². The average Bonchev–Trinajstić information content (AvgIpc) is 2.80. The molecule has 1 aliphatic rings. The van der Waals surface area contributed by atoms with Crippen molar-refractivity contribution in [2.24, 2.45) is 0 Å². The molecule has 0 atom stereocenters. The molecule has 1 aromatic heterocycles. The van der Waals surface area contributed by atoms with Crippen LogP contribution in [0.15, 0.2) is 82.8 Å². The number of carbonyl (C=O) groups is 1. The van der Waals surface area contributed by atoms with Crippen LogP contribution in [0.1, 0.15) is 15.9 Å².